The van der Waals surface area contributed by atoms with Gasteiger partial charge in [0.25, 0.3) is 5.91 Å². The van der Waals surface area contributed by atoms with Crippen LogP contribution in [-0.4, -0.2) is 39.9 Å². The number of alkyl halides is 2. The van der Waals surface area contributed by atoms with Crippen molar-refractivity contribution >= 4 is 29.2 Å². The number of esters is 1. The third kappa shape index (κ3) is 5.76. The molecule has 0 fully saturated rings. The third-order valence-corrected chi connectivity index (χ3v) is 4.25. The Morgan fingerprint density at radius 3 is 2.48 bits per heavy atom. The summed E-state index contributed by atoms with van der Waals surface area (Å²) in [6.45, 7) is 0.119. The van der Waals surface area contributed by atoms with Gasteiger partial charge in [-0.2, -0.15) is 13.9 Å². The van der Waals surface area contributed by atoms with Crippen LogP contribution in [0.4, 0.5) is 14.5 Å². The predicted octanol–water partition coefficient (Wildman–Crippen LogP) is 3.93. The van der Waals surface area contributed by atoms with Crippen LogP contribution in [-0.2, 0) is 9.53 Å². The molecule has 0 saturated heterocycles. The standard InChI is InChI=1S/C20H17ClF2N4O4/c1-11-9-12(2)27(26-11)16-8-7-15(21)18(25-16)19(29)30-10-17(28)24-13-3-5-14(6-4-13)31-20(22)23/h3-9,20H,10H2,1-2H3,(H,24,28). The monoisotopic (exact) mass is 450 g/mol. The number of rotatable bonds is 7. The molecule has 2 aromatic heterocycles. The third-order valence-electron chi connectivity index (χ3n) is 3.95. The highest BCUT2D eigenvalue weighted by Gasteiger charge is 2.18. The number of ether oxygens (including phenoxy) is 2. The van der Waals surface area contributed by atoms with E-state index in [1.807, 2.05) is 19.9 Å². The molecule has 3 rings (SSSR count). The highest BCUT2D eigenvalue weighted by molar-refractivity contribution is 6.33. The van der Waals surface area contributed by atoms with Crippen LogP contribution in [0.3, 0.4) is 0 Å². The number of nitrogens with one attached hydrogen (secondary N) is 1. The van der Waals surface area contributed by atoms with Gasteiger partial charge >= 0.3 is 12.6 Å². The highest BCUT2D eigenvalue weighted by atomic mass is 35.5. The number of carbonyl (C=O) groups is 2. The summed E-state index contributed by atoms with van der Waals surface area (Å²) in [6.07, 6.45) is 0. The Morgan fingerprint density at radius 1 is 1.16 bits per heavy atom. The number of benzene rings is 1. The maximum atomic E-state index is 12.4. The van der Waals surface area contributed by atoms with Crippen molar-refractivity contribution in [2.75, 3.05) is 11.9 Å². The summed E-state index contributed by atoms with van der Waals surface area (Å²) >= 11 is 6.06. The lowest BCUT2D eigenvalue weighted by Crippen LogP contribution is -2.21. The number of aryl methyl sites for hydroxylation is 2. The molecule has 31 heavy (non-hydrogen) atoms. The van der Waals surface area contributed by atoms with Gasteiger partial charge in [-0.1, -0.05) is 11.6 Å². The van der Waals surface area contributed by atoms with Crippen LogP contribution >= 0.6 is 11.6 Å². The van der Waals surface area contributed by atoms with E-state index in [0.29, 0.717) is 11.5 Å². The minimum Gasteiger partial charge on any atom is -0.451 e. The van der Waals surface area contributed by atoms with Gasteiger partial charge in [0.1, 0.15) is 5.75 Å². The van der Waals surface area contributed by atoms with Crippen molar-refractivity contribution < 1.29 is 27.8 Å². The molecule has 0 aliphatic rings. The number of halogens is 3. The molecule has 8 nitrogen and oxygen atoms in total. The van der Waals surface area contributed by atoms with E-state index in [0.717, 1.165) is 11.4 Å². The Labute approximate surface area is 180 Å². The molecule has 1 N–H and O–H groups in total. The van der Waals surface area contributed by atoms with E-state index in [4.69, 9.17) is 16.3 Å². The topological polar surface area (TPSA) is 95.3 Å². The smallest absolute Gasteiger partial charge is 0.387 e. The predicted molar refractivity (Wildman–Crippen MR) is 108 cm³/mol. The minimum atomic E-state index is -2.94. The molecule has 2 heterocycles. The summed E-state index contributed by atoms with van der Waals surface area (Å²) < 4.78 is 35.1. The highest BCUT2D eigenvalue weighted by Crippen LogP contribution is 2.19. The number of amides is 1. The van der Waals surface area contributed by atoms with E-state index < -0.39 is 25.1 Å². The number of pyridine rings is 1. The van der Waals surface area contributed by atoms with Gasteiger partial charge in [-0.15, -0.1) is 0 Å². The molecule has 0 unspecified atom stereocenters. The molecule has 11 heteroatoms. The molecule has 0 bridgehead atoms. The van der Waals surface area contributed by atoms with Gasteiger partial charge in [0.05, 0.1) is 10.7 Å². The van der Waals surface area contributed by atoms with Crippen molar-refractivity contribution in [2.24, 2.45) is 0 Å². The molecule has 0 atom stereocenters. The first-order valence-corrected chi connectivity index (χ1v) is 9.33. The number of anilines is 1. The van der Waals surface area contributed by atoms with E-state index in [2.05, 4.69) is 20.1 Å². The molecule has 0 radical (unpaired) electrons. The van der Waals surface area contributed by atoms with Crippen molar-refractivity contribution in [3.05, 3.63) is 64.6 Å². The van der Waals surface area contributed by atoms with Crippen molar-refractivity contribution in [2.45, 2.75) is 20.5 Å². The molecule has 0 aliphatic heterocycles. The molecule has 0 saturated carbocycles. The lowest BCUT2D eigenvalue weighted by molar-refractivity contribution is -0.119. The zero-order valence-corrected chi connectivity index (χ0v) is 17.2. The maximum absolute atomic E-state index is 12.4. The molecule has 3 aromatic rings. The zero-order valence-electron chi connectivity index (χ0n) is 16.4. The van der Waals surface area contributed by atoms with Gasteiger partial charge in [-0.25, -0.2) is 14.5 Å². The first kappa shape index (κ1) is 22.2. The second-order valence-electron chi connectivity index (χ2n) is 6.37. The van der Waals surface area contributed by atoms with Crippen LogP contribution < -0.4 is 10.1 Å². The molecular weight excluding hydrogens is 434 g/mol. The fraction of sp³-hybridized carbons (Fsp3) is 0.200. The van der Waals surface area contributed by atoms with Crippen LogP contribution in [0, 0.1) is 13.8 Å². The second-order valence-corrected chi connectivity index (χ2v) is 6.77. The first-order chi connectivity index (χ1) is 14.7. The second kappa shape index (κ2) is 9.52. The van der Waals surface area contributed by atoms with Crippen LogP contribution in [0.1, 0.15) is 21.9 Å². The SMILES string of the molecule is Cc1cc(C)n(-c2ccc(Cl)c(C(=O)OCC(=O)Nc3ccc(OC(F)F)cc3)n2)n1. The van der Waals surface area contributed by atoms with E-state index in [1.165, 1.54) is 30.3 Å². The van der Waals surface area contributed by atoms with E-state index in [1.54, 1.807) is 10.7 Å². The van der Waals surface area contributed by atoms with Gasteiger partial charge < -0.3 is 14.8 Å². The molecular formula is C20H17ClF2N4O4. The Balaban J connectivity index is 1.62. The Bertz CT molecular complexity index is 1100. The molecule has 0 aliphatic carbocycles. The summed E-state index contributed by atoms with van der Waals surface area (Å²) in [5.41, 5.74) is 1.75. The number of aromatic nitrogens is 3. The average molecular weight is 451 g/mol. The van der Waals surface area contributed by atoms with Gasteiger partial charge in [-0.3, -0.25) is 4.79 Å². The van der Waals surface area contributed by atoms with Crippen LogP contribution in [0.2, 0.25) is 5.02 Å². The average Bonchev–Trinajstić information content (AvgIpc) is 3.05. The van der Waals surface area contributed by atoms with Crippen molar-refractivity contribution in [1.82, 2.24) is 14.8 Å². The van der Waals surface area contributed by atoms with Crippen molar-refractivity contribution in [3.63, 3.8) is 0 Å². The van der Waals surface area contributed by atoms with E-state index in [9.17, 15) is 18.4 Å². The normalized spacial score (nSPS) is 10.8. The lowest BCUT2D eigenvalue weighted by atomic mass is 10.3. The van der Waals surface area contributed by atoms with Crippen molar-refractivity contribution in [3.8, 4) is 11.6 Å². The van der Waals surface area contributed by atoms with Gasteiger partial charge in [-0.05, 0) is 56.3 Å². The summed E-state index contributed by atoms with van der Waals surface area (Å²) in [5, 5.41) is 6.82. The zero-order chi connectivity index (χ0) is 22.5. The summed E-state index contributed by atoms with van der Waals surface area (Å²) in [6, 6.07) is 10.2. The Morgan fingerprint density at radius 2 is 1.87 bits per heavy atom. The number of hydrogen-bond donors (Lipinski definition) is 1. The van der Waals surface area contributed by atoms with Crippen LogP contribution in [0.15, 0.2) is 42.5 Å². The molecule has 1 amide bonds. The quantitative estimate of drug-likeness (QED) is 0.548. The van der Waals surface area contributed by atoms with Gasteiger partial charge in [0.15, 0.2) is 18.1 Å². The number of hydrogen-bond acceptors (Lipinski definition) is 6. The summed E-state index contributed by atoms with van der Waals surface area (Å²) in [5.74, 6) is -1.20. The van der Waals surface area contributed by atoms with Crippen LogP contribution in [0.5, 0.6) is 5.75 Å². The maximum Gasteiger partial charge on any atom is 0.387 e. The molecule has 0 spiro atoms. The molecule has 1 aromatic carbocycles. The first-order valence-electron chi connectivity index (χ1n) is 8.95. The Kier molecular flexibility index (Phi) is 6.81. The Hall–Kier alpha value is -3.53. The number of nitrogens with zero attached hydrogens (tertiary/aromatic N) is 3. The van der Waals surface area contributed by atoms with E-state index in [-0.39, 0.29) is 16.5 Å². The van der Waals surface area contributed by atoms with Crippen molar-refractivity contribution in [1.29, 1.82) is 0 Å². The largest absolute Gasteiger partial charge is 0.451 e. The molecule has 162 valence electrons. The van der Waals surface area contributed by atoms with Gasteiger partial charge in [0, 0.05) is 11.4 Å². The fourth-order valence-electron chi connectivity index (χ4n) is 2.67. The van der Waals surface area contributed by atoms with Gasteiger partial charge in [0.2, 0.25) is 0 Å². The van der Waals surface area contributed by atoms with E-state index >= 15 is 0 Å². The minimum absolute atomic E-state index is 0.0531. The van der Waals surface area contributed by atoms with Crippen LogP contribution in [0.25, 0.3) is 5.82 Å². The number of carbonyl (C=O) groups excluding carboxylic acids is 2. The lowest BCUT2D eigenvalue weighted by Gasteiger charge is -2.10. The fourth-order valence-corrected chi connectivity index (χ4v) is 2.85. The summed E-state index contributed by atoms with van der Waals surface area (Å²) in [4.78, 5) is 28.6. The summed E-state index contributed by atoms with van der Waals surface area (Å²) in [7, 11) is 0.